The van der Waals surface area contributed by atoms with E-state index in [9.17, 15) is 4.79 Å². The lowest BCUT2D eigenvalue weighted by Crippen LogP contribution is -2.05. The lowest BCUT2D eigenvalue weighted by Gasteiger charge is -2.09. The van der Waals surface area contributed by atoms with Gasteiger partial charge in [0.25, 0.3) is 0 Å². The van der Waals surface area contributed by atoms with E-state index in [2.05, 4.69) is 0 Å². The van der Waals surface area contributed by atoms with Crippen LogP contribution in [0.15, 0.2) is 57.7 Å². The number of halogens is 1. The highest BCUT2D eigenvalue weighted by atomic mass is 127. The van der Waals surface area contributed by atoms with Crippen molar-refractivity contribution in [1.82, 2.24) is 0 Å². The molecule has 0 amide bonds. The molecule has 0 aliphatic rings. The molecule has 4 heteroatoms. The minimum Gasteiger partial charge on any atom is -0.497 e. The first-order valence-corrected chi connectivity index (χ1v) is 7.14. The molecule has 0 aliphatic carbocycles. The van der Waals surface area contributed by atoms with Gasteiger partial charge in [-0.1, -0.05) is 30.3 Å². The molecule has 0 radical (unpaired) electrons. The Bertz CT molecular complexity index is 822. The van der Waals surface area contributed by atoms with Crippen LogP contribution in [0.1, 0.15) is 0 Å². The maximum atomic E-state index is 12.0. The van der Waals surface area contributed by atoms with Gasteiger partial charge in [-0.2, -0.15) is 0 Å². The molecule has 1 heterocycles. The Morgan fingerprint density at radius 2 is 1.85 bits per heavy atom. The average molecular weight is 378 g/mol. The van der Waals surface area contributed by atoms with E-state index >= 15 is 0 Å². The van der Waals surface area contributed by atoms with Crippen molar-refractivity contribution >= 4 is 33.6 Å². The molecule has 0 saturated heterocycles. The zero-order valence-corrected chi connectivity index (χ0v) is 12.9. The van der Waals surface area contributed by atoms with Crippen molar-refractivity contribution in [2.45, 2.75) is 0 Å². The van der Waals surface area contributed by atoms with E-state index in [1.54, 1.807) is 19.2 Å². The molecule has 3 rings (SSSR count). The molecular formula is C16H11IO3. The summed E-state index contributed by atoms with van der Waals surface area (Å²) in [5, 5.41) is 0.875. The molecule has 0 atom stereocenters. The maximum Gasteiger partial charge on any atom is 0.350 e. The van der Waals surface area contributed by atoms with Gasteiger partial charge in [0.1, 0.15) is 14.9 Å². The fraction of sp³-hybridized carbons (Fsp3) is 0.0625. The fourth-order valence-electron chi connectivity index (χ4n) is 2.17. The van der Waals surface area contributed by atoms with E-state index in [1.165, 1.54) is 0 Å². The van der Waals surface area contributed by atoms with Crippen LogP contribution in [0.5, 0.6) is 5.75 Å². The zero-order valence-electron chi connectivity index (χ0n) is 10.7. The summed E-state index contributed by atoms with van der Waals surface area (Å²) in [4.78, 5) is 12.0. The molecule has 0 saturated carbocycles. The summed E-state index contributed by atoms with van der Waals surface area (Å²) in [6.07, 6.45) is 0. The number of ether oxygens (including phenoxy) is 1. The molecule has 2 aromatic carbocycles. The third-order valence-corrected chi connectivity index (χ3v) is 4.10. The van der Waals surface area contributed by atoms with Gasteiger partial charge >= 0.3 is 5.63 Å². The lowest BCUT2D eigenvalue weighted by atomic mass is 10.0. The molecule has 100 valence electrons. The van der Waals surface area contributed by atoms with Crippen molar-refractivity contribution in [2.24, 2.45) is 0 Å². The Labute approximate surface area is 129 Å². The second kappa shape index (κ2) is 5.28. The van der Waals surface area contributed by atoms with E-state index < -0.39 is 0 Å². The zero-order chi connectivity index (χ0) is 14.1. The highest BCUT2D eigenvalue weighted by Gasteiger charge is 2.14. The predicted octanol–water partition coefficient (Wildman–Crippen LogP) is 4.07. The number of fused-ring (bicyclic) bond motifs is 1. The van der Waals surface area contributed by atoms with E-state index in [0.717, 1.165) is 22.3 Å². The maximum absolute atomic E-state index is 12.0. The third-order valence-electron chi connectivity index (χ3n) is 3.12. The second-order valence-corrected chi connectivity index (χ2v) is 5.39. The van der Waals surface area contributed by atoms with Gasteiger partial charge in [-0.25, -0.2) is 4.79 Å². The molecule has 0 aliphatic heterocycles. The molecule has 20 heavy (non-hydrogen) atoms. The minimum atomic E-state index is -0.317. The molecule has 0 unspecified atom stereocenters. The van der Waals surface area contributed by atoms with Crippen LogP contribution in [0.3, 0.4) is 0 Å². The molecular weight excluding hydrogens is 367 g/mol. The molecule has 1 aromatic heterocycles. The quantitative estimate of drug-likeness (QED) is 0.499. The third kappa shape index (κ3) is 2.20. The van der Waals surface area contributed by atoms with Gasteiger partial charge in [0.05, 0.1) is 7.11 Å². The van der Waals surface area contributed by atoms with Crippen molar-refractivity contribution in [3.63, 3.8) is 0 Å². The first-order valence-electron chi connectivity index (χ1n) is 6.06. The van der Waals surface area contributed by atoms with Crippen molar-refractivity contribution in [2.75, 3.05) is 7.11 Å². The Morgan fingerprint density at radius 1 is 1.10 bits per heavy atom. The summed E-state index contributed by atoms with van der Waals surface area (Å²) >= 11 is 2.03. The highest BCUT2D eigenvalue weighted by molar-refractivity contribution is 14.1. The molecule has 0 N–H and O–H groups in total. The van der Waals surface area contributed by atoms with E-state index in [4.69, 9.17) is 9.15 Å². The average Bonchev–Trinajstić information content (AvgIpc) is 2.49. The van der Waals surface area contributed by atoms with Crippen molar-refractivity contribution in [3.8, 4) is 16.9 Å². The van der Waals surface area contributed by atoms with Crippen molar-refractivity contribution in [1.29, 1.82) is 0 Å². The van der Waals surface area contributed by atoms with E-state index in [1.807, 2.05) is 59.0 Å². The number of methoxy groups -OCH3 is 1. The van der Waals surface area contributed by atoms with Gasteiger partial charge in [-0.15, -0.1) is 0 Å². The van der Waals surface area contributed by atoms with Crippen LogP contribution in [0.4, 0.5) is 0 Å². The summed E-state index contributed by atoms with van der Waals surface area (Å²) in [5.74, 6) is 0.735. The first-order chi connectivity index (χ1) is 9.70. The Morgan fingerprint density at radius 3 is 2.55 bits per heavy atom. The number of benzene rings is 2. The van der Waals surface area contributed by atoms with Crippen LogP contribution in [0, 0.1) is 3.57 Å². The van der Waals surface area contributed by atoms with Gasteiger partial charge in [0.15, 0.2) is 0 Å². The van der Waals surface area contributed by atoms with E-state index in [-0.39, 0.29) is 5.63 Å². The molecule has 0 bridgehead atoms. The van der Waals surface area contributed by atoms with Crippen LogP contribution in [0.2, 0.25) is 0 Å². The fourth-order valence-corrected chi connectivity index (χ4v) is 2.88. The Kier molecular flexibility index (Phi) is 3.48. The summed E-state index contributed by atoms with van der Waals surface area (Å²) in [6, 6.07) is 15.3. The predicted molar refractivity (Wildman–Crippen MR) is 87.2 cm³/mol. The molecule has 0 spiro atoms. The van der Waals surface area contributed by atoms with Gasteiger partial charge in [0.2, 0.25) is 0 Å². The molecule has 3 aromatic rings. The topological polar surface area (TPSA) is 39.4 Å². The minimum absolute atomic E-state index is 0.317. The van der Waals surface area contributed by atoms with E-state index in [0.29, 0.717) is 9.15 Å². The lowest BCUT2D eigenvalue weighted by molar-refractivity contribution is 0.415. The van der Waals surface area contributed by atoms with Crippen molar-refractivity contribution < 1.29 is 9.15 Å². The summed E-state index contributed by atoms with van der Waals surface area (Å²) in [6.45, 7) is 0. The van der Waals surface area contributed by atoms with Crippen LogP contribution in [-0.4, -0.2) is 7.11 Å². The van der Waals surface area contributed by atoms with Crippen LogP contribution in [-0.2, 0) is 0 Å². The Balaban J connectivity index is 2.44. The normalized spacial score (nSPS) is 10.7. The van der Waals surface area contributed by atoms with Crippen LogP contribution < -0.4 is 10.4 Å². The highest BCUT2D eigenvalue weighted by Crippen LogP contribution is 2.33. The monoisotopic (exact) mass is 378 g/mol. The van der Waals surface area contributed by atoms with Gasteiger partial charge in [-0.3, -0.25) is 0 Å². The Hall–Kier alpha value is -1.82. The second-order valence-electron chi connectivity index (χ2n) is 4.31. The largest absolute Gasteiger partial charge is 0.497 e. The first kappa shape index (κ1) is 13.2. The van der Waals surface area contributed by atoms with Crippen LogP contribution in [0.25, 0.3) is 22.1 Å². The molecule has 0 fully saturated rings. The SMILES string of the molecule is COc1ccc2oc(=O)c(I)c(-c3ccccc3)c2c1. The smallest absolute Gasteiger partial charge is 0.350 e. The summed E-state index contributed by atoms with van der Waals surface area (Å²) in [7, 11) is 1.62. The van der Waals surface area contributed by atoms with Crippen LogP contribution >= 0.6 is 22.6 Å². The summed E-state index contributed by atoms with van der Waals surface area (Å²) < 4.78 is 11.2. The number of hydrogen-bond acceptors (Lipinski definition) is 3. The van der Waals surface area contributed by atoms with Gasteiger partial charge in [-0.05, 0) is 46.4 Å². The van der Waals surface area contributed by atoms with Gasteiger partial charge < -0.3 is 9.15 Å². The summed E-state index contributed by atoms with van der Waals surface area (Å²) in [5.41, 5.74) is 2.12. The van der Waals surface area contributed by atoms with Gasteiger partial charge in [0, 0.05) is 10.9 Å². The standard InChI is InChI=1S/C16H11IO3/c1-19-11-7-8-13-12(9-11)14(15(17)16(18)20-13)10-5-3-2-4-6-10/h2-9H,1H3. The number of hydrogen-bond donors (Lipinski definition) is 0. The molecule has 3 nitrogen and oxygen atoms in total. The number of rotatable bonds is 2. The van der Waals surface area contributed by atoms with Crippen molar-refractivity contribution in [3.05, 3.63) is 62.5 Å².